The maximum Gasteiger partial charge on any atom is 0.358 e. The van der Waals surface area contributed by atoms with Crippen molar-refractivity contribution in [2.75, 3.05) is 49.3 Å². The van der Waals surface area contributed by atoms with Crippen LogP contribution in [0.2, 0.25) is 0 Å². The third-order valence-corrected chi connectivity index (χ3v) is 20.3. The quantitative estimate of drug-likeness (QED) is 0.0946. The lowest BCUT2D eigenvalue weighted by Gasteiger charge is -2.44. The number of hydrogen-bond donors (Lipinski definition) is 1. The van der Waals surface area contributed by atoms with E-state index in [0.29, 0.717) is 83.3 Å². The summed E-state index contributed by atoms with van der Waals surface area (Å²) in [5.74, 6) is -0.206. The minimum absolute atomic E-state index is 0.00823. The van der Waals surface area contributed by atoms with Gasteiger partial charge < -0.3 is 38.3 Å². The zero-order chi connectivity index (χ0) is 66.2. The van der Waals surface area contributed by atoms with Crippen LogP contribution in [-0.4, -0.2) is 99.8 Å². The van der Waals surface area contributed by atoms with Gasteiger partial charge in [-0.05, 0) is 160 Å². The molecule has 1 N–H and O–H groups in total. The highest BCUT2D eigenvalue weighted by atomic mass is 19.1. The number of fused-ring (bicyclic) bond motifs is 8. The molecule has 0 amide bonds. The van der Waals surface area contributed by atoms with E-state index in [4.69, 9.17) is 34.1 Å². The number of hydrogen-bond acceptors (Lipinski definition) is 14. The van der Waals surface area contributed by atoms with E-state index in [1.54, 1.807) is 40.3 Å². The molecular formula is C74H81F2N11O8. The Kier molecular flexibility index (Phi) is 17.1. The van der Waals surface area contributed by atoms with Gasteiger partial charge >= 0.3 is 16.8 Å². The number of halogens is 2. The Balaban J connectivity index is 0.000000164. The summed E-state index contributed by atoms with van der Waals surface area (Å²) in [5, 5.41) is 24.0. The first-order chi connectivity index (χ1) is 45.9. The number of pyridine rings is 4. The van der Waals surface area contributed by atoms with Crippen molar-refractivity contribution >= 4 is 61.2 Å². The third-order valence-electron chi connectivity index (χ3n) is 20.3. The van der Waals surface area contributed by atoms with Crippen molar-refractivity contribution in [1.29, 1.82) is 0 Å². The summed E-state index contributed by atoms with van der Waals surface area (Å²) in [4.78, 5) is 64.9. The Labute approximate surface area is 549 Å². The lowest BCUT2D eigenvalue weighted by Crippen LogP contribution is -2.50. The molecule has 19 nitrogen and oxygen atoms in total. The maximum absolute atomic E-state index is 16.8. The average molecular weight is 1290 g/mol. The summed E-state index contributed by atoms with van der Waals surface area (Å²) in [6, 6.07) is 25.5. The van der Waals surface area contributed by atoms with Gasteiger partial charge in [-0.3, -0.25) is 28.8 Å². The Morgan fingerprint density at radius 1 is 0.632 bits per heavy atom. The molecule has 0 bridgehead atoms. The number of imidazole rings is 2. The molecule has 6 aromatic heterocycles. The van der Waals surface area contributed by atoms with E-state index in [-0.39, 0.29) is 82.3 Å². The van der Waals surface area contributed by atoms with Crippen LogP contribution in [0.3, 0.4) is 0 Å². The first-order valence-electron chi connectivity index (χ1n) is 33.8. The van der Waals surface area contributed by atoms with E-state index >= 15 is 8.78 Å². The molecule has 6 atom stereocenters. The molecule has 0 aliphatic carbocycles. The lowest BCUT2D eigenvalue weighted by molar-refractivity contribution is -0.385. The molecule has 5 aliphatic heterocycles. The number of benzene rings is 4. The zero-order valence-corrected chi connectivity index (χ0v) is 55.2. The molecule has 10 aromatic rings. The lowest BCUT2D eigenvalue weighted by atomic mass is 9.92. The molecule has 0 radical (unpaired) electrons. The van der Waals surface area contributed by atoms with Gasteiger partial charge in [0.15, 0.2) is 11.3 Å². The second kappa shape index (κ2) is 25.7. The molecule has 4 fully saturated rings. The second-order valence-corrected chi connectivity index (χ2v) is 27.4. The van der Waals surface area contributed by atoms with Gasteiger partial charge in [-0.25, -0.2) is 28.7 Å². The molecule has 11 heterocycles. The summed E-state index contributed by atoms with van der Waals surface area (Å²) in [7, 11) is 0. The van der Waals surface area contributed by atoms with Gasteiger partial charge in [0.25, 0.3) is 0 Å². The van der Waals surface area contributed by atoms with Gasteiger partial charge in [-0.15, -0.1) is 0 Å². The number of aliphatic hydroxyl groups is 1. The van der Waals surface area contributed by atoms with Gasteiger partial charge in [-0.2, -0.15) is 0 Å². The number of ether oxygens (including phenoxy) is 3. The topological polar surface area (TPSA) is 203 Å². The number of rotatable bonds is 11. The van der Waals surface area contributed by atoms with Crippen molar-refractivity contribution < 1.29 is 33.0 Å². The summed E-state index contributed by atoms with van der Waals surface area (Å²) in [5.41, 5.74) is 8.03. The monoisotopic (exact) mass is 1290 g/mol. The third kappa shape index (κ3) is 11.1. The van der Waals surface area contributed by atoms with Gasteiger partial charge in [0.1, 0.15) is 47.8 Å². The molecule has 95 heavy (non-hydrogen) atoms. The van der Waals surface area contributed by atoms with Crippen LogP contribution in [0.15, 0.2) is 107 Å². The highest BCUT2D eigenvalue weighted by Crippen LogP contribution is 2.46. The predicted molar refractivity (Wildman–Crippen MR) is 366 cm³/mol. The predicted octanol–water partition coefficient (Wildman–Crippen LogP) is 14.8. The van der Waals surface area contributed by atoms with E-state index < -0.39 is 33.8 Å². The number of nitro groups is 1. The normalized spacial score (nSPS) is 20.7. The van der Waals surface area contributed by atoms with Crippen molar-refractivity contribution in [3.63, 3.8) is 0 Å². The van der Waals surface area contributed by atoms with Gasteiger partial charge in [0.2, 0.25) is 5.75 Å². The van der Waals surface area contributed by atoms with Crippen LogP contribution in [0.25, 0.3) is 78.0 Å². The van der Waals surface area contributed by atoms with E-state index in [1.807, 2.05) is 99.8 Å². The van der Waals surface area contributed by atoms with Crippen LogP contribution >= 0.6 is 0 Å². The van der Waals surface area contributed by atoms with Crippen LogP contribution in [0, 0.1) is 47.4 Å². The molecule has 0 saturated carbocycles. The number of aliphatic hydroxyl groups excluding tert-OH is 1. The van der Waals surface area contributed by atoms with E-state index in [2.05, 4.69) is 30.2 Å². The average Bonchev–Trinajstić information content (AvgIpc) is 1.57. The van der Waals surface area contributed by atoms with Crippen molar-refractivity contribution in [2.24, 2.45) is 11.8 Å². The summed E-state index contributed by atoms with van der Waals surface area (Å²) in [6.45, 7) is 18.9. The maximum atomic E-state index is 16.8. The minimum atomic E-state index is -0.866. The number of nitrogens with zero attached hydrogens (tertiary/aromatic N) is 11. The molecule has 4 saturated heterocycles. The summed E-state index contributed by atoms with van der Waals surface area (Å²) >= 11 is 0. The largest absolute Gasteiger partial charge is 0.484 e. The van der Waals surface area contributed by atoms with E-state index in [0.717, 1.165) is 103 Å². The number of aromatic nitrogens is 8. The van der Waals surface area contributed by atoms with Gasteiger partial charge in [0.05, 0.1) is 80.8 Å². The summed E-state index contributed by atoms with van der Waals surface area (Å²) < 4.78 is 58.8. The standard InChI is InChI=1S/C37H41FN6O5.C37H40FN5O3/c1-21(2)25-9-5-6-10-28(25)43-36-26(34(35(37(43)46)44(47)48)41-18-22(3)12-14-24(41)19-45)17-27(38)32(40-36)31-23(4)13-15-29-33(31)39-20-42(29)30-11-7-8-16-49-30;1-21(2)25-9-5-6-10-28(25)43-36-26(34-35(37(43)44)46-19-24-14-12-22(3)18-41(24)34)17-27(38)32(40-36)31-23(4)13-15-29-33(31)39-20-42(29)30-11-7-8-16-45-30/h5-6,9-10,13,15,17,20-22,24,30,45H,7-8,11-12,14,16,18-19H2,1-4H3;5-6,9-10,13,15,17,20-22,24,30H,7-8,11-12,14,16,18-19H2,1-4H3/t2*22-,24+,30?/m00/s1. The molecule has 494 valence electrons. The first-order valence-corrected chi connectivity index (χ1v) is 33.8. The molecule has 21 heteroatoms. The Morgan fingerprint density at radius 2 is 1.13 bits per heavy atom. The van der Waals surface area contributed by atoms with Crippen molar-refractivity contribution in [1.82, 2.24) is 38.2 Å². The molecule has 5 aliphatic rings. The van der Waals surface area contributed by atoms with Crippen LogP contribution in [0.5, 0.6) is 5.75 Å². The molecule has 2 unspecified atom stereocenters. The second-order valence-electron chi connectivity index (χ2n) is 27.4. The minimum Gasteiger partial charge on any atom is -0.484 e. The van der Waals surface area contributed by atoms with Crippen molar-refractivity contribution in [3.05, 3.63) is 162 Å². The molecule has 15 rings (SSSR count). The van der Waals surface area contributed by atoms with Crippen LogP contribution < -0.4 is 25.7 Å². The zero-order valence-electron chi connectivity index (χ0n) is 55.2. The van der Waals surface area contributed by atoms with Crippen molar-refractivity contribution in [3.8, 4) is 39.6 Å². The fourth-order valence-corrected chi connectivity index (χ4v) is 15.4. The van der Waals surface area contributed by atoms with Crippen LogP contribution in [0.1, 0.15) is 152 Å². The highest BCUT2D eigenvalue weighted by molar-refractivity contribution is 6.01. The van der Waals surface area contributed by atoms with Crippen LogP contribution in [-0.2, 0) is 9.47 Å². The fraction of sp³-hybridized carbons (Fsp3) is 0.432. The number of piperidine rings is 2. The SMILES string of the molecule is Cc1ccc2c(ncn2C2CCCCO2)c1-c1nc2c(cc1F)c(N1C[C@@H](C)CC[C@@H]1CO)c([N+](=O)[O-])c(=O)n2-c1ccccc1C(C)C.Cc1ccc2c(ncn2C2CCCCO2)c1-c1nc2c(cc1F)c1c(c(=O)n2-c2ccccc2C(C)C)OC[C@H]2CC[C@H](C)CN12. The number of anilines is 2. The Bertz CT molecular complexity index is 4780. The molecule has 4 aromatic carbocycles. The smallest absolute Gasteiger partial charge is 0.358 e. The number of para-hydroxylation sites is 2. The first kappa shape index (κ1) is 63.5. The Morgan fingerprint density at radius 3 is 1.62 bits per heavy atom. The molecular weight excluding hydrogens is 1210 g/mol. The van der Waals surface area contributed by atoms with Gasteiger partial charge in [0, 0.05) is 42.8 Å². The number of aryl methyl sites for hydroxylation is 2. The highest BCUT2D eigenvalue weighted by Gasteiger charge is 2.40. The van der Waals surface area contributed by atoms with Gasteiger partial charge in [-0.1, -0.05) is 90.1 Å². The Hall–Kier alpha value is -8.92. The van der Waals surface area contributed by atoms with E-state index in [1.165, 1.54) is 10.6 Å². The fourth-order valence-electron chi connectivity index (χ4n) is 15.4. The van der Waals surface area contributed by atoms with E-state index in [9.17, 15) is 24.8 Å². The van der Waals surface area contributed by atoms with Crippen LogP contribution in [0.4, 0.5) is 25.8 Å². The molecule has 0 spiro atoms. The van der Waals surface area contributed by atoms with Crippen molar-refractivity contribution in [2.45, 2.75) is 156 Å². The summed E-state index contributed by atoms with van der Waals surface area (Å²) in [6.07, 6.45) is 12.6.